The standard InChI is InChI=1S/C15H16BrNO4S/c1-9(2)14(15(18)19)17-22(20,21)13-8-7-12(16)10-5-3-4-6-11(10)13/h3-9,14,17H,1-2H3,(H,18,19)/t14-/m0/s1. The number of hydrogen-bond donors (Lipinski definition) is 2. The van der Waals surface area contributed by atoms with E-state index in [4.69, 9.17) is 0 Å². The number of carboxylic acids is 1. The van der Waals surface area contributed by atoms with Crippen LogP contribution < -0.4 is 4.72 Å². The summed E-state index contributed by atoms with van der Waals surface area (Å²) in [5.74, 6) is -1.56. The van der Waals surface area contributed by atoms with Crippen molar-refractivity contribution in [2.45, 2.75) is 24.8 Å². The smallest absolute Gasteiger partial charge is 0.322 e. The van der Waals surface area contributed by atoms with E-state index in [1.807, 2.05) is 6.07 Å². The van der Waals surface area contributed by atoms with Gasteiger partial charge in [0.1, 0.15) is 6.04 Å². The van der Waals surface area contributed by atoms with E-state index in [-0.39, 0.29) is 10.8 Å². The number of nitrogens with one attached hydrogen (secondary N) is 1. The molecule has 7 heteroatoms. The molecule has 0 unspecified atom stereocenters. The Kier molecular flexibility index (Phi) is 4.89. The van der Waals surface area contributed by atoms with E-state index in [1.165, 1.54) is 6.07 Å². The highest BCUT2D eigenvalue weighted by atomic mass is 79.9. The Labute approximate surface area is 137 Å². The van der Waals surface area contributed by atoms with Crippen LogP contribution in [0.25, 0.3) is 10.8 Å². The minimum Gasteiger partial charge on any atom is -0.480 e. The molecule has 2 N–H and O–H groups in total. The zero-order valence-corrected chi connectivity index (χ0v) is 14.5. The lowest BCUT2D eigenvalue weighted by Crippen LogP contribution is -2.44. The molecule has 118 valence electrons. The largest absolute Gasteiger partial charge is 0.480 e. The Morgan fingerprint density at radius 3 is 2.27 bits per heavy atom. The van der Waals surface area contributed by atoms with Crippen LogP contribution in [0.15, 0.2) is 45.8 Å². The van der Waals surface area contributed by atoms with Crippen molar-refractivity contribution >= 4 is 42.7 Å². The number of halogens is 1. The fourth-order valence-electron chi connectivity index (χ4n) is 2.17. The van der Waals surface area contributed by atoms with E-state index in [0.717, 1.165) is 9.86 Å². The summed E-state index contributed by atoms with van der Waals surface area (Å²) in [6, 6.07) is 8.98. The lowest BCUT2D eigenvalue weighted by Gasteiger charge is -2.19. The first-order valence-electron chi connectivity index (χ1n) is 6.66. The van der Waals surface area contributed by atoms with E-state index in [9.17, 15) is 18.3 Å². The van der Waals surface area contributed by atoms with Crippen molar-refractivity contribution in [2.75, 3.05) is 0 Å². The third-order valence-corrected chi connectivity index (χ3v) is 5.53. The molecule has 0 fully saturated rings. The van der Waals surface area contributed by atoms with Gasteiger partial charge in [0.2, 0.25) is 10.0 Å². The van der Waals surface area contributed by atoms with Gasteiger partial charge in [0.25, 0.3) is 0 Å². The average molecular weight is 386 g/mol. The predicted molar refractivity (Wildman–Crippen MR) is 88.2 cm³/mol. The molecule has 1 atom stereocenters. The van der Waals surface area contributed by atoms with Crippen LogP contribution in [0.5, 0.6) is 0 Å². The zero-order chi connectivity index (χ0) is 16.5. The maximum absolute atomic E-state index is 12.6. The Hall–Kier alpha value is -1.44. The molecule has 0 spiro atoms. The monoisotopic (exact) mass is 385 g/mol. The van der Waals surface area contributed by atoms with Crippen LogP contribution in [0, 0.1) is 5.92 Å². The lowest BCUT2D eigenvalue weighted by molar-refractivity contribution is -0.140. The summed E-state index contributed by atoms with van der Waals surface area (Å²) in [5, 5.41) is 10.5. The summed E-state index contributed by atoms with van der Waals surface area (Å²) in [5.41, 5.74) is 0. The van der Waals surface area contributed by atoms with Gasteiger partial charge in [-0.1, -0.05) is 54.0 Å². The van der Waals surface area contributed by atoms with Crippen LogP contribution >= 0.6 is 15.9 Å². The topological polar surface area (TPSA) is 83.5 Å². The highest BCUT2D eigenvalue weighted by Gasteiger charge is 2.29. The van der Waals surface area contributed by atoms with Crippen molar-refractivity contribution < 1.29 is 18.3 Å². The van der Waals surface area contributed by atoms with E-state index in [0.29, 0.717) is 5.39 Å². The summed E-state index contributed by atoms with van der Waals surface area (Å²) in [4.78, 5) is 11.3. The summed E-state index contributed by atoms with van der Waals surface area (Å²) < 4.78 is 28.2. The quantitative estimate of drug-likeness (QED) is 0.828. The molecule has 0 heterocycles. The molecule has 0 bridgehead atoms. The molecule has 0 aliphatic heterocycles. The van der Waals surface area contributed by atoms with Crippen molar-refractivity contribution in [1.82, 2.24) is 4.72 Å². The predicted octanol–water partition coefficient (Wildman–Crippen LogP) is 2.99. The third kappa shape index (κ3) is 3.31. The Morgan fingerprint density at radius 1 is 1.14 bits per heavy atom. The van der Waals surface area contributed by atoms with Crippen molar-refractivity contribution in [3.05, 3.63) is 40.9 Å². The summed E-state index contributed by atoms with van der Waals surface area (Å²) in [6.07, 6.45) is 0. The summed E-state index contributed by atoms with van der Waals surface area (Å²) in [7, 11) is -3.94. The molecule has 5 nitrogen and oxygen atoms in total. The summed E-state index contributed by atoms with van der Waals surface area (Å²) in [6.45, 7) is 3.31. The molecule has 0 saturated heterocycles. The van der Waals surface area contributed by atoms with Gasteiger partial charge in [0.05, 0.1) is 4.90 Å². The van der Waals surface area contributed by atoms with Gasteiger partial charge >= 0.3 is 5.97 Å². The highest BCUT2D eigenvalue weighted by Crippen LogP contribution is 2.29. The Morgan fingerprint density at radius 2 is 1.73 bits per heavy atom. The number of hydrogen-bond acceptors (Lipinski definition) is 3. The molecular formula is C15H16BrNO4S. The van der Waals surface area contributed by atoms with Gasteiger partial charge < -0.3 is 5.11 Å². The second kappa shape index (κ2) is 6.36. The van der Waals surface area contributed by atoms with Gasteiger partial charge in [-0.3, -0.25) is 4.79 Å². The Bertz CT molecular complexity index is 817. The Balaban J connectivity index is 2.55. The van der Waals surface area contributed by atoms with Crippen LogP contribution in [0.1, 0.15) is 13.8 Å². The zero-order valence-electron chi connectivity index (χ0n) is 12.1. The first-order valence-corrected chi connectivity index (χ1v) is 8.94. The van der Waals surface area contributed by atoms with E-state index in [2.05, 4.69) is 20.7 Å². The molecule has 0 amide bonds. The number of rotatable bonds is 5. The molecule has 2 aromatic rings. The fraction of sp³-hybridized carbons (Fsp3) is 0.267. The molecule has 0 saturated carbocycles. The van der Waals surface area contributed by atoms with Crippen LogP contribution in [0.2, 0.25) is 0 Å². The highest BCUT2D eigenvalue weighted by molar-refractivity contribution is 9.10. The van der Waals surface area contributed by atoms with Crippen molar-refractivity contribution in [2.24, 2.45) is 5.92 Å². The molecule has 0 radical (unpaired) electrons. The number of carboxylic acid groups (broad SMARTS) is 1. The van der Waals surface area contributed by atoms with Crippen molar-refractivity contribution in [3.63, 3.8) is 0 Å². The van der Waals surface area contributed by atoms with E-state index in [1.54, 1.807) is 38.1 Å². The van der Waals surface area contributed by atoms with Crippen LogP contribution in [-0.2, 0) is 14.8 Å². The van der Waals surface area contributed by atoms with E-state index >= 15 is 0 Å². The maximum atomic E-state index is 12.6. The maximum Gasteiger partial charge on any atom is 0.322 e. The van der Waals surface area contributed by atoms with Crippen molar-refractivity contribution in [3.8, 4) is 0 Å². The second-order valence-electron chi connectivity index (χ2n) is 5.27. The fourth-order valence-corrected chi connectivity index (χ4v) is 4.20. The first kappa shape index (κ1) is 16.9. The minimum atomic E-state index is -3.94. The van der Waals surface area contributed by atoms with Crippen molar-refractivity contribution in [1.29, 1.82) is 0 Å². The number of benzene rings is 2. The molecule has 2 aromatic carbocycles. The molecule has 0 aliphatic carbocycles. The van der Waals surface area contributed by atoms with Gasteiger partial charge in [-0.2, -0.15) is 4.72 Å². The van der Waals surface area contributed by atoms with Gasteiger partial charge in [0.15, 0.2) is 0 Å². The molecule has 22 heavy (non-hydrogen) atoms. The first-order chi connectivity index (χ1) is 10.2. The van der Waals surface area contributed by atoms with Crippen LogP contribution in [0.4, 0.5) is 0 Å². The third-order valence-electron chi connectivity index (χ3n) is 3.34. The number of aliphatic carboxylic acids is 1. The summed E-state index contributed by atoms with van der Waals surface area (Å²) >= 11 is 3.39. The van der Waals surface area contributed by atoms with Gasteiger partial charge in [-0.05, 0) is 23.4 Å². The molecular weight excluding hydrogens is 370 g/mol. The SMILES string of the molecule is CC(C)[C@H](NS(=O)(=O)c1ccc(Br)c2ccccc12)C(=O)O. The minimum absolute atomic E-state index is 0.0678. The molecule has 0 aliphatic rings. The number of carbonyl (C=O) groups is 1. The normalized spacial score (nSPS) is 13.5. The second-order valence-corrected chi connectivity index (χ2v) is 7.81. The average Bonchev–Trinajstić information content (AvgIpc) is 2.44. The number of sulfonamides is 1. The number of fused-ring (bicyclic) bond motifs is 1. The van der Waals surface area contributed by atoms with Gasteiger partial charge in [-0.15, -0.1) is 0 Å². The molecule has 2 rings (SSSR count). The molecule has 0 aromatic heterocycles. The van der Waals surface area contributed by atoms with E-state index < -0.39 is 22.0 Å². The van der Waals surface area contributed by atoms with Crippen LogP contribution in [0.3, 0.4) is 0 Å². The lowest BCUT2D eigenvalue weighted by atomic mass is 10.1. The van der Waals surface area contributed by atoms with Gasteiger partial charge in [0, 0.05) is 9.86 Å². The van der Waals surface area contributed by atoms with Crippen LogP contribution in [-0.4, -0.2) is 25.5 Å². The van der Waals surface area contributed by atoms with Gasteiger partial charge in [-0.25, -0.2) is 8.42 Å².